The fraction of sp³-hybridized carbons (Fsp3) is 0.100. The molecule has 0 aliphatic heterocycles. The van der Waals surface area contributed by atoms with Gasteiger partial charge in [-0.05, 0) is 79.1 Å². The SMILES string of the molecule is Cc1c(NC(=O)c2ccc(F)cc2)cccc1-c1ccc(C(N)=O)c2[nH]c3cc(NC(=O)[C@H](C)N)ccc3c12. The van der Waals surface area contributed by atoms with Gasteiger partial charge in [-0.2, -0.15) is 0 Å². The van der Waals surface area contributed by atoms with Gasteiger partial charge in [-0.15, -0.1) is 0 Å². The van der Waals surface area contributed by atoms with Crippen molar-refractivity contribution < 1.29 is 18.8 Å². The summed E-state index contributed by atoms with van der Waals surface area (Å²) < 4.78 is 13.3. The molecule has 0 saturated heterocycles. The summed E-state index contributed by atoms with van der Waals surface area (Å²) in [7, 11) is 0. The quantitative estimate of drug-likeness (QED) is 0.212. The minimum absolute atomic E-state index is 0.320. The zero-order valence-corrected chi connectivity index (χ0v) is 21.3. The molecule has 0 unspecified atom stereocenters. The van der Waals surface area contributed by atoms with Gasteiger partial charge in [0.05, 0.1) is 17.1 Å². The van der Waals surface area contributed by atoms with Crippen LogP contribution in [0.5, 0.6) is 0 Å². The van der Waals surface area contributed by atoms with Crippen LogP contribution in [0, 0.1) is 12.7 Å². The van der Waals surface area contributed by atoms with Gasteiger partial charge >= 0.3 is 0 Å². The molecule has 3 amide bonds. The van der Waals surface area contributed by atoms with Gasteiger partial charge in [-0.25, -0.2) is 4.39 Å². The number of aromatic amines is 1. The summed E-state index contributed by atoms with van der Waals surface area (Å²) in [5.74, 6) is -1.69. The predicted octanol–water partition coefficient (Wildman–Crippen LogP) is 5.07. The number of amides is 3. The lowest BCUT2D eigenvalue weighted by atomic mass is 9.93. The predicted molar refractivity (Wildman–Crippen MR) is 151 cm³/mol. The van der Waals surface area contributed by atoms with Crippen LogP contribution in [0.1, 0.15) is 33.2 Å². The lowest BCUT2D eigenvalue weighted by Crippen LogP contribution is -2.32. The largest absolute Gasteiger partial charge is 0.366 e. The van der Waals surface area contributed by atoms with E-state index in [1.54, 1.807) is 31.2 Å². The molecule has 0 radical (unpaired) electrons. The van der Waals surface area contributed by atoms with E-state index in [-0.39, 0.29) is 11.8 Å². The first-order valence-corrected chi connectivity index (χ1v) is 12.3. The Bertz CT molecular complexity index is 1770. The Kier molecular flexibility index (Phi) is 6.59. The van der Waals surface area contributed by atoms with Crippen molar-refractivity contribution in [1.82, 2.24) is 4.98 Å². The van der Waals surface area contributed by atoms with Crippen LogP contribution in [0.3, 0.4) is 0 Å². The van der Waals surface area contributed by atoms with E-state index in [9.17, 15) is 18.8 Å². The summed E-state index contributed by atoms with van der Waals surface area (Å²) in [6.45, 7) is 3.49. The van der Waals surface area contributed by atoms with E-state index >= 15 is 0 Å². The smallest absolute Gasteiger partial charge is 0.255 e. The monoisotopic (exact) mass is 523 g/mol. The van der Waals surface area contributed by atoms with Crippen molar-refractivity contribution in [2.45, 2.75) is 19.9 Å². The van der Waals surface area contributed by atoms with Crippen LogP contribution in [0.2, 0.25) is 0 Å². The maximum absolute atomic E-state index is 13.3. The normalized spacial score (nSPS) is 11.9. The van der Waals surface area contributed by atoms with Crippen LogP contribution in [0.4, 0.5) is 15.8 Å². The fourth-order valence-electron chi connectivity index (χ4n) is 4.63. The third-order valence-electron chi connectivity index (χ3n) is 6.68. The molecule has 0 saturated carbocycles. The zero-order valence-electron chi connectivity index (χ0n) is 21.3. The summed E-state index contributed by atoms with van der Waals surface area (Å²) in [5.41, 5.74) is 16.9. The molecule has 9 heteroatoms. The van der Waals surface area contributed by atoms with Gasteiger partial charge in [-0.3, -0.25) is 14.4 Å². The second kappa shape index (κ2) is 10.0. The Morgan fingerprint density at radius 2 is 1.67 bits per heavy atom. The number of nitrogens with one attached hydrogen (secondary N) is 3. The van der Waals surface area contributed by atoms with E-state index in [1.165, 1.54) is 24.3 Å². The first-order valence-electron chi connectivity index (χ1n) is 12.3. The highest BCUT2D eigenvalue weighted by Crippen LogP contribution is 2.39. The Morgan fingerprint density at radius 3 is 2.36 bits per heavy atom. The number of fused-ring (bicyclic) bond motifs is 3. The number of hydrogen-bond donors (Lipinski definition) is 5. The number of carbonyl (C=O) groups excluding carboxylic acids is 3. The van der Waals surface area contributed by atoms with Crippen molar-refractivity contribution in [1.29, 1.82) is 0 Å². The van der Waals surface area contributed by atoms with Crippen molar-refractivity contribution in [2.24, 2.45) is 11.5 Å². The summed E-state index contributed by atoms with van der Waals surface area (Å²) >= 11 is 0. The summed E-state index contributed by atoms with van der Waals surface area (Å²) in [4.78, 5) is 40.5. The summed E-state index contributed by atoms with van der Waals surface area (Å²) in [6.07, 6.45) is 0. The number of halogens is 1. The lowest BCUT2D eigenvalue weighted by molar-refractivity contribution is -0.117. The molecule has 0 fully saturated rings. The van der Waals surface area contributed by atoms with Gasteiger partial charge in [0.25, 0.3) is 11.8 Å². The Hall–Kier alpha value is -5.02. The summed E-state index contributed by atoms with van der Waals surface area (Å²) in [6, 6.07) is 19.1. The average Bonchev–Trinajstić information content (AvgIpc) is 3.28. The van der Waals surface area contributed by atoms with E-state index in [0.717, 1.165) is 27.5 Å². The van der Waals surface area contributed by atoms with Crippen LogP contribution in [0.15, 0.2) is 72.8 Å². The molecule has 39 heavy (non-hydrogen) atoms. The molecule has 196 valence electrons. The summed E-state index contributed by atoms with van der Waals surface area (Å²) in [5, 5.41) is 7.28. The van der Waals surface area contributed by atoms with Crippen LogP contribution < -0.4 is 22.1 Å². The minimum atomic E-state index is -0.671. The highest BCUT2D eigenvalue weighted by molar-refractivity contribution is 6.20. The average molecular weight is 524 g/mol. The van der Waals surface area contributed by atoms with Crippen LogP contribution in [-0.2, 0) is 4.79 Å². The second-order valence-corrected chi connectivity index (χ2v) is 9.38. The maximum atomic E-state index is 13.3. The molecule has 8 nitrogen and oxygen atoms in total. The molecule has 0 bridgehead atoms. The van der Waals surface area contributed by atoms with E-state index in [1.807, 2.05) is 31.2 Å². The van der Waals surface area contributed by atoms with E-state index in [2.05, 4.69) is 15.6 Å². The molecular weight excluding hydrogens is 497 g/mol. The van der Waals surface area contributed by atoms with Gasteiger partial charge in [-0.1, -0.05) is 24.3 Å². The van der Waals surface area contributed by atoms with Crippen LogP contribution in [0.25, 0.3) is 32.9 Å². The molecular formula is C30H26FN5O3. The number of hydrogen-bond acceptors (Lipinski definition) is 4. The molecule has 5 rings (SSSR count). The maximum Gasteiger partial charge on any atom is 0.255 e. The fourth-order valence-corrected chi connectivity index (χ4v) is 4.63. The number of aromatic nitrogens is 1. The van der Waals surface area contributed by atoms with Crippen molar-refractivity contribution in [3.8, 4) is 11.1 Å². The molecule has 1 heterocycles. The van der Waals surface area contributed by atoms with E-state index in [4.69, 9.17) is 11.5 Å². The minimum Gasteiger partial charge on any atom is -0.366 e. The van der Waals surface area contributed by atoms with Crippen molar-refractivity contribution >= 4 is 50.9 Å². The number of rotatable bonds is 6. The number of primary amides is 1. The molecule has 4 aromatic carbocycles. The van der Waals surface area contributed by atoms with Gasteiger partial charge in [0.15, 0.2) is 0 Å². The number of anilines is 2. The van der Waals surface area contributed by atoms with Gasteiger partial charge in [0, 0.05) is 33.2 Å². The molecule has 1 aromatic heterocycles. The van der Waals surface area contributed by atoms with Gasteiger partial charge in [0.2, 0.25) is 5.91 Å². The van der Waals surface area contributed by atoms with Gasteiger partial charge < -0.3 is 27.1 Å². The van der Waals surface area contributed by atoms with Crippen LogP contribution in [-0.4, -0.2) is 28.7 Å². The topological polar surface area (TPSA) is 143 Å². The van der Waals surface area contributed by atoms with Crippen molar-refractivity contribution in [2.75, 3.05) is 10.6 Å². The number of H-pyrrole nitrogens is 1. The molecule has 7 N–H and O–H groups in total. The van der Waals surface area contributed by atoms with Crippen molar-refractivity contribution in [3.05, 3.63) is 95.3 Å². The highest BCUT2D eigenvalue weighted by Gasteiger charge is 2.19. The van der Waals surface area contributed by atoms with E-state index in [0.29, 0.717) is 33.5 Å². The van der Waals surface area contributed by atoms with Crippen LogP contribution >= 0.6 is 0 Å². The number of benzene rings is 4. The third kappa shape index (κ3) is 4.83. The van der Waals surface area contributed by atoms with E-state index < -0.39 is 17.8 Å². The molecule has 0 spiro atoms. The lowest BCUT2D eigenvalue weighted by Gasteiger charge is -2.15. The van der Waals surface area contributed by atoms with Crippen molar-refractivity contribution in [3.63, 3.8) is 0 Å². The Balaban J connectivity index is 1.63. The molecule has 0 aliphatic carbocycles. The molecule has 1 atom stereocenters. The highest BCUT2D eigenvalue weighted by atomic mass is 19.1. The Labute approximate surface area is 223 Å². The standard InChI is InChI=1S/C30H26FN5O3/c1-15-20(4-3-5-24(15)36-30(39)17-6-8-18(31)9-7-17)21-12-13-23(28(33)37)27-26(21)22-11-10-19(14-25(22)35-27)34-29(38)16(2)32/h3-14,16,35H,32H2,1-2H3,(H2,33,37)(H,34,38)(H,36,39)/t16-/m0/s1. The second-order valence-electron chi connectivity index (χ2n) is 9.38. The Morgan fingerprint density at radius 1 is 0.923 bits per heavy atom. The zero-order chi connectivity index (χ0) is 27.8. The first kappa shape index (κ1) is 25.6. The van der Waals surface area contributed by atoms with Gasteiger partial charge in [0.1, 0.15) is 5.82 Å². The first-order chi connectivity index (χ1) is 18.6. The molecule has 5 aromatic rings. The number of carbonyl (C=O) groups is 3. The molecule has 0 aliphatic rings. The third-order valence-corrected chi connectivity index (χ3v) is 6.68. The number of nitrogens with two attached hydrogens (primary N) is 2.